The van der Waals surface area contributed by atoms with E-state index in [2.05, 4.69) is 6.92 Å². The molecule has 0 spiro atoms. The Labute approximate surface area is 130 Å². The van der Waals surface area contributed by atoms with E-state index >= 15 is 0 Å². The van der Waals surface area contributed by atoms with Crippen molar-refractivity contribution in [3.63, 3.8) is 0 Å². The van der Waals surface area contributed by atoms with Crippen molar-refractivity contribution >= 4 is 17.2 Å². The molecule has 22 heavy (non-hydrogen) atoms. The fraction of sp³-hybridized carbons (Fsp3) is 0.444. The molecule has 0 aliphatic carbocycles. The number of methoxy groups -OCH3 is 1. The van der Waals surface area contributed by atoms with Gasteiger partial charge in [-0.15, -0.1) is 0 Å². The predicted molar refractivity (Wildman–Crippen MR) is 89.0 cm³/mol. The summed E-state index contributed by atoms with van der Waals surface area (Å²) in [7, 11) is 1.50. The average molecular weight is 301 g/mol. The zero-order valence-electron chi connectivity index (χ0n) is 13.5. The maximum Gasteiger partial charge on any atom is 0.265 e. The van der Waals surface area contributed by atoms with Crippen LogP contribution in [0.1, 0.15) is 48.5 Å². The summed E-state index contributed by atoms with van der Waals surface area (Å²) in [6, 6.07) is 5.87. The third-order valence-corrected chi connectivity index (χ3v) is 3.96. The van der Waals surface area contributed by atoms with Gasteiger partial charge in [0.15, 0.2) is 6.29 Å². The molecule has 0 fully saturated rings. The highest BCUT2D eigenvalue weighted by molar-refractivity contribution is 5.94. The summed E-state index contributed by atoms with van der Waals surface area (Å²) in [6.45, 7) is 4.77. The zero-order valence-corrected chi connectivity index (χ0v) is 13.5. The number of rotatable bonds is 7. The van der Waals surface area contributed by atoms with Crippen LogP contribution in [0.3, 0.4) is 0 Å². The number of nitrogens with zero attached hydrogens (tertiary/aromatic N) is 1. The van der Waals surface area contributed by atoms with Gasteiger partial charge in [0.05, 0.1) is 12.6 Å². The highest BCUT2D eigenvalue weighted by Crippen LogP contribution is 2.27. The van der Waals surface area contributed by atoms with Gasteiger partial charge in [0.25, 0.3) is 5.56 Å². The molecule has 0 amide bonds. The molecule has 0 saturated heterocycles. The lowest BCUT2D eigenvalue weighted by atomic mass is 10.1. The van der Waals surface area contributed by atoms with E-state index in [0.29, 0.717) is 18.6 Å². The van der Waals surface area contributed by atoms with Crippen LogP contribution < -0.4 is 10.3 Å². The molecule has 2 rings (SSSR count). The van der Waals surface area contributed by atoms with E-state index in [1.807, 2.05) is 25.1 Å². The molecule has 0 atom stereocenters. The number of benzene rings is 1. The minimum Gasteiger partial charge on any atom is -0.495 e. The Bertz CT molecular complexity index is 731. The van der Waals surface area contributed by atoms with Crippen LogP contribution in [-0.4, -0.2) is 18.0 Å². The third-order valence-electron chi connectivity index (χ3n) is 3.96. The van der Waals surface area contributed by atoms with Gasteiger partial charge in [0, 0.05) is 11.9 Å². The first kappa shape index (κ1) is 16.3. The fourth-order valence-electron chi connectivity index (χ4n) is 2.81. The zero-order chi connectivity index (χ0) is 16.1. The second-order valence-electron chi connectivity index (χ2n) is 5.60. The molecule has 118 valence electrons. The molecule has 1 aromatic carbocycles. The molecule has 0 N–H and O–H groups in total. The topological polar surface area (TPSA) is 48.3 Å². The van der Waals surface area contributed by atoms with Gasteiger partial charge in [-0.1, -0.05) is 37.8 Å². The van der Waals surface area contributed by atoms with Gasteiger partial charge in [0.2, 0.25) is 0 Å². The molecule has 0 aliphatic rings. The maximum absolute atomic E-state index is 12.6. The Morgan fingerprint density at radius 3 is 2.64 bits per heavy atom. The second-order valence-corrected chi connectivity index (χ2v) is 5.60. The quantitative estimate of drug-likeness (QED) is 0.578. The molecule has 0 bridgehead atoms. The molecule has 0 aliphatic heterocycles. The number of carbonyl (C=O) groups is 1. The van der Waals surface area contributed by atoms with Gasteiger partial charge in [-0.2, -0.15) is 0 Å². The lowest BCUT2D eigenvalue weighted by Gasteiger charge is -2.15. The van der Waals surface area contributed by atoms with Crippen molar-refractivity contribution < 1.29 is 9.53 Å². The van der Waals surface area contributed by atoms with Gasteiger partial charge in [-0.3, -0.25) is 9.59 Å². The van der Waals surface area contributed by atoms with Crippen LogP contribution in [0.25, 0.3) is 10.9 Å². The number of hydrogen-bond donors (Lipinski definition) is 0. The minimum atomic E-state index is -0.264. The molecular weight excluding hydrogens is 278 g/mol. The van der Waals surface area contributed by atoms with Crippen molar-refractivity contribution in [1.29, 1.82) is 0 Å². The molecule has 4 heteroatoms. The molecular formula is C18H23NO3. The maximum atomic E-state index is 12.6. The monoisotopic (exact) mass is 301 g/mol. The van der Waals surface area contributed by atoms with E-state index in [4.69, 9.17) is 4.74 Å². The van der Waals surface area contributed by atoms with Crippen molar-refractivity contribution in [3.8, 4) is 5.75 Å². The first-order valence-electron chi connectivity index (χ1n) is 7.80. The van der Waals surface area contributed by atoms with Crippen molar-refractivity contribution in [2.75, 3.05) is 7.11 Å². The van der Waals surface area contributed by atoms with Gasteiger partial charge in [-0.25, -0.2) is 0 Å². The molecule has 2 aromatic rings. The molecule has 4 nitrogen and oxygen atoms in total. The summed E-state index contributed by atoms with van der Waals surface area (Å²) < 4.78 is 7.04. The van der Waals surface area contributed by atoms with E-state index in [1.54, 1.807) is 4.57 Å². The molecule has 1 aromatic heterocycles. The number of fused-ring (bicyclic) bond motifs is 1. The van der Waals surface area contributed by atoms with Crippen LogP contribution in [0.2, 0.25) is 0 Å². The lowest BCUT2D eigenvalue weighted by Crippen LogP contribution is -2.25. The van der Waals surface area contributed by atoms with E-state index in [1.165, 1.54) is 7.11 Å². The predicted octanol–water partition coefficient (Wildman–Crippen LogP) is 3.71. The number of ether oxygens (including phenoxy) is 1. The number of unbranched alkanes of at least 4 members (excludes halogenated alkanes) is 3. The Kier molecular flexibility index (Phi) is 5.36. The van der Waals surface area contributed by atoms with Crippen LogP contribution in [0.4, 0.5) is 0 Å². The summed E-state index contributed by atoms with van der Waals surface area (Å²) >= 11 is 0. The van der Waals surface area contributed by atoms with Crippen molar-refractivity contribution in [1.82, 2.24) is 4.57 Å². The Morgan fingerprint density at radius 1 is 1.23 bits per heavy atom. The van der Waals surface area contributed by atoms with Gasteiger partial charge in [-0.05, 0) is 25.5 Å². The van der Waals surface area contributed by atoms with E-state index < -0.39 is 0 Å². The standard InChI is InChI=1S/C18H23NO3/c1-4-5-6-7-10-19-16-9-8-13(2)11-14(16)17(22-3)15(12-20)18(19)21/h8-9,11-12H,4-7,10H2,1-3H3. The van der Waals surface area contributed by atoms with E-state index in [0.717, 1.165) is 42.1 Å². The second kappa shape index (κ2) is 7.25. The molecule has 0 unspecified atom stereocenters. The van der Waals surface area contributed by atoms with Crippen molar-refractivity contribution in [3.05, 3.63) is 39.7 Å². The summed E-state index contributed by atoms with van der Waals surface area (Å²) in [6.07, 6.45) is 4.92. The van der Waals surface area contributed by atoms with Gasteiger partial charge >= 0.3 is 0 Å². The fourth-order valence-corrected chi connectivity index (χ4v) is 2.81. The average Bonchev–Trinajstić information content (AvgIpc) is 2.52. The van der Waals surface area contributed by atoms with Crippen LogP contribution >= 0.6 is 0 Å². The third kappa shape index (κ3) is 3.06. The van der Waals surface area contributed by atoms with Crippen LogP contribution in [0, 0.1) is 6.92 Å². The first-order chi connectivity index (χ1) is 10.6. The van der Waals surface area contributed by atoms with Gasteiger partial charge < -0.3 is 9.30 Å². The lowest BCUT2D eigenvalue weighted by molar-refractivity contribution is 0.111. The smallest absolute Gasteiger partial charge is 0.265 e. The SMILES string of the molecule is CCCCCCn1c(=O)c(C=O)c(OC)c2cc(C)ccc21. The van der Waals surface area contributed by atoms with Crippen LogP contribution in [-0.2, 0) is 6.54 Å². The van der Waals surface area contributed by atoms with Crippen LogP contribution in [0.5, 0.6) is 5.75 Å². The van der Waals surface area contributed by atoms with Crippen molar-refractivity contribution in [2.24, 2.45) is 0 Å². The highest BCUT2D eigenvalue weighted by Gasteiger charge is 2.16. The van der Waals surface area contributed by atoms with Crippen LogP contribution in [0.15, 0.2) is 23.0 Å². The number of carbonyl (C=O) groups excluding carboxylic acids is 1. The molecule has 1 heterocycles. The molecule has 0 saturated carbocycles. The Balaban J connectivity index is 2.61. The highest BCUT2D eigenvalue weighted by atomic mass is 16.5. The number of aldehydes is 1. The molecule has 0 radical (unpaired) electrons. The van der Waals surface area contributed by atoms with Crippen molar-refractivity contribution in [2.45, 2.75) is 46.1 Å². The Hall–Kier alpha value is -2.10. The summed E-state index contributed by atoms with van der Waals surface area (Å²) in [5, 5.41) is 0.819. The van der Waals surface area contributed by atoms with E-state index in [-0.39, 0.29) is 11.1 Å². The number of aryl methyl sites for hydroxylation is 2. The minimum absolute atomic E-state index is 0.107. The van der Waals surface area contributed by atoms with Gasteiger partial charge in [0.1, 0.15) is 11.3 Å². The number of pyridine rings is 1. The summed E-state index contributed by atoms with van der Waals surface area (Å²) in [5.74, 6) is 0.378. The summed E-state index contributed by atoms with van der Waals surface area (Å²) in [4.78, 5) is 24.0. The number of aromatic nitrogens is 1. The number of hydrogen-bond acceptors (Lipinski definition) is 3. The largest absolute Gasteiger partial charge is 0.495 e. The normalized spacial score (nSPS) is 10.9. The van der Waals surface area contributed by atoms with E-state index in [9.17, 15) is 9.59 Å². The Morgan fingerprint density at radius 2 is 2.00 bits per heavy atom. The first-order valence-corrected chi connectivity index (χ1v) is 7.80. The summed E-state index contributed by atoms with van der Waals surface area (Å²) in [5.41, 5.74) is 1.74.